The molecule has 0 aromatic rings. The maximum atomic E-state index is 11.2. The highest BCUT2D eigenvalue weighted by Gasteiger charge is 2.28. The van der Waals surface area contributed by atoms with Gasteiger partial charge in [0.1, 0.15) is 12.6 Å². The molecule has 0 spiro atoms. The van der Waals surface area contributed by atoms with Gasteiger partial charge in [-0.25, -0.2) is 0 Å². The van der Waals surface area contributed by atoms with Gasteiger partial charge in [-0.05, 0) is 0 Å². The van der Waals surface area contributed by atoms with Crippen molar-refractivity contribution in [1.82, 2.24) is 5.32 Å². The van der Waals surface area contributed by atoms with Crippen LogP contribution < -0.4 is 5.32 Å². The molecule has 0 radical (unpaired) electrons. The maximum Gasteiger partial charge on any atom is 0.323 e. The second-order valence-corrected chi connectivity index (χ2v) is 3.01. The summed E-state index contributed by atoms with van der Waals surface area (Å²) in [6, 6.07) is -0.355. The van der Waals surface area contributed by atoms with Crippen molar-refractivity contribution in [1.29, 1.82) is 0 Å². The molecule has 1 aliphatic rings. The minimum absolute atomic E-state index is 0.267. The van der Waals surface area contributed by atoms with Gasteiger partial charge in [0.2, 0.25) is 0 Å². The Labute approximate surface area is 77.0 Å². The summed E-state index contributed by atoms with van der Waals surface area (Å²) in [4.78, 5) is 11.2. The van der Waals surface area contributed by atoms with Crippen LogP contribution in [0.25, 0.3) is 0 Å². The molecule has 1 saturated heterocycles. The van der Waals surface area contributed by atoms with Crippen LogP contribution in [0.4, 0.5) is 0 Å². The molecule has 5 heteroatoms. The molecule has 0 aromatic carbocycles. The van der Waals surface area contributed by atoms with E-state index >= 15 is 0 Å². The Bertz CT molecular complexity index is 174. The first-order chi connectivity index (χ1) is 6.24. The molecular weight excluding hydrogens is 174 g/mol. The second kappa shape index (κ2) is 5.16. The standard InChI is InChI=1S/C8H15NO4/c1-12-2-3-13-8(11)7-4-6(10)5-9-7/h6-7,9-10H,2-5H2,1H3/t6-,7-/m0/s1. The lowest BCUT2D eigenvalue weighted by Crippen LogP contribution is -2.33. The molecule has 0 unspecified atom stereocenters. The number of methoxy groups -OCH3 is 1. The monoisotopic (exact) mass is 189 g/mol. The number of aliphatic hydroxyl groups excluding tert-OH is 1. The third-order valence-corrected chi connectivity index (χ3v) is 1.92. The topological polar surface area (TPSA) is 67.8 Å². The summed E-state index contributed by atoms with van der Waals surface area (Å²) in [6.07, 6.45) is 0.00575. The molecule has 2 atom stereocenters. The van der Waals surface area contributed by atoms with E-state index in [1.165, 1.54) is 0 Å². The van der Waals surface area contributed by atoms with E-state index in [2.05, 4.69) is 5.32 Å². The van der Waals surface area contributed by atoms with Crippen LogP contribution in [0.2, 0.25) is 0 Å². The fourth-order valence-corrected chi connectivity index (χ4v) is 1.22. The molecule has 0 aliphatic carbocycles. The van der Waals surface area contributed by atoms with Gasteiger partial charge in [0.15, 0.2) is 0 Å². The van der Waals surface area contributed by atoms with Crippen molar-refractivity contribution in [3.05, 3.63) is 0 Å². The highest BCUT2D eigenvalue weighted by molar-refractivity contribution is 5.76. The fourth-order valence-electron chi connectivity index (χ4n) is 1.22. The number of β-amino-alcohol motifs (C(OH)–C–C–N with tert-alkyl or cyclic N) is 1. The smallest absolute Gasteiger partial charge is 0.323 e. The summed E-state index contributed by atoms with van der Waals surface area (Å²) in [7, 11) is 1.55. The fraction of sp³-hybridized carbons (Fsp3) is 0.875. The first-order valence-corrected chi connectivity index (χ1v) is 4.31. The molecule has 0 aromatic heterocycles. The van der Waals surface area contributed by atoms with Gasteiger partial charge in [-0.15, -0.1) is 0 Å². The van der Waals surface area contributed by atoms with E-state index < -0.39 is 6.10 Å². The van der Waals surface area contributed by atoms with Crippen molar-refractivity contribution < 1.29 is 19.4 Å². The first kappa shape index (κ1) is 10.4. The molecular formula is C8H15NO4. The van der Waals surface area contributed by atoms with Gasteiger partial charge in [0, 0.05) is 20.1 Å². The highest BCUT2D eigenvalue weighted by Crippen LogP contribution is 2.07. The van der Waals surface area contributed by atoms with Gasteiger partial charge in [0.05, 0.1) is 12.7 Å². The van der Waals surface area contributed by atoms with E-state index in [9.17, 15) is 4.79 Å². The molecule has 1 rings (SSSR count). The summed E-state index contributed by atoms with van der Waals surface area (Å²) in [6.45, 7) is 1.13. The quantitative estimate of drug-likeness (QED) is 0.434. The molecule has 0 amide bonds. The predicted octanol–water partition coefficient (Wildman–Crippen LogP) is -1.10. The summed E-state index contributed by atoms with van der Waals surface area (Å²) in [5.41, 5.74) is 0. The maximum absolute atomic E-state index is 11.2. The van der Waals surface area contributed by atoms with Gasteiger partial charge in [-0.1, -0.05) is 0 Å². The Hall–Kier alpha value is -0.650. The number of esters is 1. The highest BCUT2D eigenvalue weighted by atomic mass is 16.6. The van der Waals surface area contributed by atoms with E-state index in [1.807, 2.05) is 0 Å². The zero-order valence-electron chi connectivity index (χ0n) is 7.66. The zero-order valence-corrected chi connectivity index (χ0v) is 7.66. The Morgan fingerprint density at radius 1 is 1.62 bits per heavy atom. The zero-order chi connectivity index (χ0) is 9.68. The van der Waals surface area contributed by atoms with Gasteiger partial charge in [0.25, 0.3) is 0 Å². The molecule has 0 bridgehead atoms. The van der Waals surface area contributed by atoms with Crippen LogP contribution in [0.15, 0.2) is 0 Å². The third kappa shape index (κ3) is 3.30. The summed E-state index contributed by atoms with van der Waals surface area (Å²) >= 11 is 0. The van der Waals surface area contributed by atoms with Crippen LogP contribution in [-0.2, 0) is 14.3 Å². The van der Waals surface area contributed by atoms with E-state index in [-0.39, 0.29) is 18.6 Å². The van der Waals surface area contributed by atoms with E-state index in [4.69, 9.17) is 14.6 Å². The lowest BCUT2D eigenvalue weighted by molar-refractivity contribution is -0.147. The molecule has 13 heavy (non-hydrogen) atoms. The number of carbonyl (C=O) groups excluding carboxylic acids is 1. The Morgan fingerprint density at radius 2 is 2.38 bits per heavy atom. The molecule has 0 saturated carbocycles. The molecule has 5 nitrogen and oxygen atoms in total. The van der Waals surface area contributed by atoms with Crippen molar-refractivity contribution in [3.63, 3.8) is 0 Å². The summed E-state index contributed by atoms with van der Waals surface area (Å²) in [5, 5.41) is 12.0. The number of hydrogen-bond acceptors (Lipinski definition) is 5. The van der Waals surface area contributed by atoms with Crippen molar-refractivity contribution in [2.45, 2.75) is 18.6 Å². The van der Waals surface area contributed by atoms with E-state index in [0.29, 0.717) is 19.6 Å². The average molecular weight is 189 g/mol. The van der Waals surface area contributed by atoms with E-state index in [0.717, 1.165) is 0 Å². The van der Waals surface area contributed by atoms with Crippen LogP contribution in [-0.4, -0.2) is 50.1 Å². The summed E-state index contributed by atoms with van der Waals surface area (Å²) in [5.74, 6) is -0.311. The number of ether oxygens (including phenoxy) is 2. The third-order valence-electron chi connectivity index (χ3n) is 1.92. The van der Waals surface area contributed by atoms with E-state index in [1.54, 1.807) is 7.11 Å². The largest absolute Gasteiger partial charge is 0.462 e. The molecule has 1 aliphatic heterocycles. The van der Waals surface area contributed by atoms with Crippen LogP contribution in [0, 0.1) is 0 Å². The Kier molecular flexibility index (Phi) is 4.14. The average Bonchev–Trinajstić information content (AvgIpc) is 2.52. The van der Waals surface area contributed by atoms with Gasteiger partial charge < -0.3 is 19.9 Å². The number of carbonyl (C=O) groups is 1. The SMILES string of the molecule is COCCOC(=O)[C@@H]1C[C@H](O)CN1. The number of aliphatic hydroxyl groups is 1. The Morgan fingerprint density at radius 3 is 2.92 bits per heavy atom. The van der Waals surface area contributed by atoms with Gasteiger partial charge >= 0.3 is 5.97 Å². The van der Waals surface area contributed by atoms with Crippen LogP contribution >= 0.6 is 0 Å². The van der Waals surface area contributed by atoms with Crippen molar-refractivity contribution in [2.24, 2.45) is 0 Å². The first-order valence-electron chi connectivity index (χ1n) is 4.31. The number of rotatable bonds is 4. The molecule has 76 valence electrons. The van der Waals surface area contributed by atoms with Crippen molar-refractivity contribution >= 4 is 5.97 Å². The van der Waals surface area contributed by atoms with Crippen molar-refractivity contribution in [3.8, 4) is 0 Å². The minimum atomic E-state index is -0.431. The summed E-state index contributed by atoms with van der Waals surface area (Å²) < 4.78 is 9.61. The Balaban J connectivity index is 2.16. The minimum Gasteiger partial charge on any atom is -0.462 e. The van der Waals surface area contributed by atoms with Crippen LogP contribution in [0.5, 0.6) is 0 Å². The lowest BCUT2D eigenvalue weighted by Gasteiger charge is -2.09. The van der Waals surface area contributed by atoms with Crippen LogP contribution in [0.3, 0.4) is 0 Å². The second-order valence-electron chi connectivity index (χ2n) is 3.01. The molecule has 1 heterocycles. The van der Waals surface area contributed by atoms with Crippen molar-refractivity contribution in [2.75, 3.05) is 26.9 Å². The lowest BCUT2D eigenvalue weighted by atomic mass is 10.2. The van der Waals surface area contributed by atoms with Crippen LogP contribution in [0.1, 0.15) is 6.42 Å². The molecule has 1 fully saturated rings. The molecule has 2 N–H and O–H groups in total. The number of hydrogen-bond donors (Lipinski definition) is 2. The number of nitrogens with one attached hydrogen (secondary N) is 1. The normalized spacial score (nSPS) is 27.5. The van der Waals surface area contributed by atoms with Gasteiger partial charge in [-0.2, -0.15) is 0 Å². The van der Waals surface area contributed by atoms with Gasteiger partial charge in [-0.3, -0.25) is 4.79 Å². The predicted molar refractivity (Wildman–Crippen MR) is 45.2 cm³/mol.